The first-order valence-corrected chi connectivity index (χ1v) is 10.1. The molecule has 0 aromatic rings. The van der Waals surface area contributed by atoms with Crippen LogP contribution in [0.4, 0.5) is 0 Å². The minimum atomic E-state index is -1.72. The van der Waals surface area contributed by atoms with E-state index in [1.165, 1.54) is 25.7 Å². The number of ether oxygens (including phenoxy) is 2. The van der Waals surface area contributed by atoms with Gasteiger partial charge in [-0.1, -0.05) is 58.8 Å². The van der Waals surface area contributed by atoms with Crippen molar-refractivity contribution < 1.29 is 9.47 Å². The predicted molar refractivity (Wildman–Crippen MR) is 100 cm³/mol. The largest absolute Gasteiger partial charge is 0.448 e. The van der Waals surface area contributed by atoms with Gasteiger partial charge in [-0.05, 0) is 12.8 Å². The van der Waals surface area contributed by atoms with Gasteiger partial charge in [-0.25, -0.2) is 0 Å². The first-order chi connectivity index (χ1) is 12.9. The molecule has 2 bridgehead atoms. The monoisotopic (exact) mass is 370 g/mol. The van der Waals surface area contributed by atoms with Crippen LogP contribution in [0.2, 0.25) is 0 Å². The van der Waals surface area contributed by atoms with Gasteiger partial charge in [-0.15, -0.1) is 0 Å². The number of fused-ring (bicyclic) bond motifs is 2. The normalized spacial score (nSPS) is 33.6. The maximum absolute atomic E-state index is 10.0. The molecule has 2 fully saturated rings. The Balaban J connectivity index is 2.22. The number of hydrogen-bond acceptors (Lipinski definition) is 6. The molecule has 4 unspecified atom stereocenters. The van der Waals surface area contributed by atoms with Crippen molar-refractivity contribution in [1.82, 2.24) is 0 Å². The van der Waals surface area contributed by atoms with E-state index >= 15 is 0 Å². The van der Waals surface area contributed by atoms with Crippen molar-refractivity contribution in [2.45, 2.75) is 90.4 Å². The molecule has 0 aromatic carbocycles. The second-order valence-electron chi connectivity index (χ2n) is 7.88. The van der Waals surface area contributed by atoms with Crippen molar-refractivity contribution in [3.05, 3.63) is 0 Å². The predicted octanol–water partition coefficient (Wildman–Crippen LogP) is 4.82. The van der Waals surface area contributed by atoms with Gasteiger partial charge in [-0.2, -0.15) is 15.8 Å². The molecule has 0 spiro atoms. The van der Waals surface area contributed by atoms with Crippen LogP contribution >= 0.6 is 0 Å². The van der Waals surface area contributed by atoms with Crippen molar-refractivity contribution in [2.24, 2.45) is 16.7 Å². The summed E-state index contributed by atoms with van der Waals surface area (Å²) >= 11 is 0. The number of nitrogens with one attached hydrogen (secondary N) is 1. The summed E-state index contributed by atoms with van der Waals surface area (Å²) in [7, 11) is 0. The van der Waals surface area contributed by atoms with E-state index in [2.05, 4.69) is 25.1 Å². The number of nitrogens with zero attached hydrogens (tertiary/aromatic N) is 3. The smallest absolute Gasteiger partial charge is 0.214 e. The Labute approximate surface area is 162 Å². The highest BCUT2D eigenvalue weighted by molar-refractivity contribution is 5.89. The second-order valence-corrected chi connectivity index (χ2v) is 7.88. The molecule has 0 radical (unpaired) electrons. The summed E-state index contributed by atoms with van der Waals surface area (Å²) in [5, 5.41) is 38.3. The Hall–Kier alpha value is -2.10. The summed E-state index contributed by atoms with van der Waals surface area (Å²) in [6.07, 6.45) is 8.08. The third-order valence-corrected chi connectivity index (χ3v) is 6.31. The fourth-order valence-corrected chi connectivity index (χ4v) is 4.89. The summed E-state index contributed by atoms with van der Waals surface area (Å²) in [5.41, 5.74) is -3.30. The Morgan fingerprint density at radius 3 is 2.07 bits per heavy atom. The molecule has 4 atom stereocenters. The van der Waals surface area contributed by atoms with Crippen LogP contribution in [0, 0.1) is 56.2 Å². The molecule has 2 aliphatic heterocycles. The van der Waals surface area contributed by atoms with Crippen LogP contribution in [-0.4, -0.2) is 17.8 Å². The molecule has 2 saturated heterocycles. The topological polar surface area (TPSA) is 114 Å². The highest BCUT2D eigenvalue weighted by atomic mass is 16.7. The Bertz CT molecular complexity index is 672. The molecule has 27 heavy (non-hydrogen) atoms. The van der Waals surface area contributed by atoms with E-state index in [1.54, 1.807) is 6.92 Å². The lowest BCUT2D eigenvalue weighted by atomic mass is 9.53. The molecule has 146 valence electrons. The van der Waals surface area contributed by atoms with E-state index < -0.39 is 28.6 Å². The average Bonchev–Trinajstić information content (AvgIpc) is 2.84. The molecule has 2 rings (SSSR count). The van der Waals surface area contributed by atoms with Crippen LogP contribution in [0.15, 0.2) is 0 Å². The lowest BCUT2D eigenvalue weighted by molar-refractivity contribution is -0.271. The Morgan fingerprint density at radius 1 is 0.963 bits per heavy atom. The van der Waals surface area contributed by atoms with E-state index in [1.807, 2.05) is 6.92 Å². The Morgan fingerprint density at radius 2 is 1.56 bits per heavy atom. The fraction of sp³-hybridized carbons (Fsp3) is 0.810. The number of hydrogen-bond donors (Lipinski definition) is 1. The van der Waals surface area contributed by atoms with Gasteiger partial charge >= 0.3 is 0 Å². The summed E-state index contributed by atoms with van der Waals surface area (Å²) in [6.45, 7) is 5.79. The summed E-state index contributed by atoms with van der Waals surface area (Å²) in [6, 6.07) is 6.33. The van der Waals surface area contributed by atoms with Gasteiger partial charge in [0.05, 0.1) is 30.2 Å². The van der Waals surface area contributed by atoms with E-state index in [0.29, 0.717) is 12.8 Å². The van der Waals surface area contributed by atoms with Gasteiger partial charge in [0.2, 0.25) is 11.7 Å². The summed E-state index contributed by atoms with van der Waals surface area (Å²) in [5.74, 6) is -1.96. The molecule has 0 aliphatic carbocycles. The van der Waals surface area contributed by atoms with Crippen molar-refractivity contribution in [3.8, 4) is 18.2 Å². The van der Waals surface area contributed by atoms with E-state index in [9.17, 15) is 15.8 Å². The molecule has 0 amide bonds. The van der Waals surface area contributed by atoms with E-state index in [0.717, 1.165) is 19.3 Å². The molecule has 1 N–H and O–H groups in total. The number of rotatable bonds is 9. The number of unbranched alkanes of at least 4 members (excludes halogenated alkanes) is 6. The van der Waals surface area contributed by atoms with Gasteiger partial charge < -0.3 is 9.47 Å². The minimum Gasteiger partial charge on any atom is -0.448 e. The molecule has 0 saturated carbocycles. The van der Waals surface area contributed by atoms with Gasteiger partial charge in [0.1, 0.15) is 0 Å². The van der Waals surface area contributed by atoms with Crippen LogP contribution in [0.1, 0.15) is 78.6 Å². The fourth-order valence-electron chi connectivity index (χ4n) is 4.89. The summed E-state index contributed by atoms with van der Waals surface area (Å²) in [4.78, 5) is 0. The zero-order valence-corrected chi connectivity index (χ0v) is 16.7. The van der Waals surface area contributed by atoms with Gasteiger partial charge in [-0.3, -0.25) is 5.41 Å². The summed E-state index contributed by atoms with van der Waals surface area (Å²) < 4.78 is 11.8. The molecular formula is C21H30N4O2. The van der Waals surface area contributed by atoms with E-state index in [-0.39, 0.29) is 5.90 Å². The van der Waals surface area contributed by atoms with Gasteiger partial charge in [0.25, 0.3) is 0 Å². The third-order valence-electron chi connectivity index (χ3n) is 6.31. The van der Waals surface area contributed by atoms with Crippen molar-refractivity contribution in [2.75, 3.05) is 0 Å². The molecule has 0 aromatic heterocycles. The average molecular weight is 370 g/mol. The van der Waals surface area contributed by atoms with Crippen LogP contribution < -0.4 is 0 Å². The van der Waals surface area contributed by atoms with Crippen LogP contribution in [0.3, 0.4) is 0 Å². The molecule has 6 heteroatoms. The second kappa shape index (κ2) is 8.28. The highest BCUT2D eigenvalue weighted by Crippen LogP contribution is 2.63. The first kappa shape index (κ1) is 21.2. The number of nitriles is 3. The van der Waals surface area contributed by atoms with Gasteiger partial charge in [0.15, 0.2) is 10.8 Å². The van der Waals surface area contributed by atoms with E-state index in [4.69, 9.17) is 14.9 Å². The zero-order valence-electron chi connectivity index (χ0n) is 16.7. The lowest BCUT2D eigenvalue weighted by Gasteiger charge is -2.48. The van der Waals surface area contributed by atoms with Crippen LogP contribution in [-0.2, 0) is 9.47 Å². The molecular weight excluding hydrogens is 340 g/mol. The van der Waals surface area contributed by atoms with Gasteiger partial charge in [0, 0.05) is 6.92 Å². The maximum atomic E-state index is 10.0. The van der Waals surface area contributed by atoms with Crippen molar-refractivity contribution >= 4 is 5.90 Å². The zero-order chi connectivity index (χ0) is 20.1. The Kier molecular flexibility index (Phi) is 6.50. The van der Waals surface area contributed by atoms with Crippen molar-refractivity contribution in [3.63, 3.8) is 0 Å². The third kappa shape index (κ3) is 3.09. The maximum Gasteiger partial charge on any atom is 0.214 e. The first-order valence-electron chi connectivity index (χ1n) is 10.1. The lowest BCUT2D eigenvalue weighted by Crippen LogP contribution is -2.61. The minimum absolute atomic E-state index is 0.301. The molecule has 2 aliphatic rings. The molecule has 2 heterocycles. The van der Waals surface area contributed by atoms with Crippen LogP contribution in [0.25, 0.3) is 0 Å². The van der Waals surface area contributed by atoms with Crippen molar-refractivity contribution in [1.29, 1.82) is 21.2 Å². The SMILES string of the molecule is CCCCCCCCCC1OC2(C)OC(=N)C(C#N)(C2CC)C1(C#N)C#N. The quantitative estimate of drug-likeness (QED) is 0.584. The molecule has 6 nitrogen and oxygen atoms in total. The highest BCUT2D eigenvalue weighted by Gasteiger charge is 2.78. The van der Waals surface area contributed by atoms with Crippen LogP contribution in [0.5, 0.6) is 0 Å². The standard InChI is InChI=1S/C21H30N4O2/c1-4-6-7-8-9-10-11-12-17-20(13-22,14-23)21(15-24)16(5-2)19(3,26-17)27-18(21)25/h16-17,25H,4-12H2,1-3H3.